The molecule has 3 heteroatoms. The molecule has 0 spiro atoms. The van der Waals surface area contributed by atoms with Gasteiger partial charge in [0.15, 0.2) is 0 Å². The van der Waals surface area contributed by atoms with E-state index in [-0.39, 0.29) is 5.97 Å². The number of nitrogens with zero attached hydrogens (tertiary/aromatic N) is 1. The van der Waals surface area contributed by atoms with E-state index in [1.54, 1.807) is 6.92 Å². The Balaban J connectivity index is 2.32. The van der Waals surface area contributed by atoms with Crippen LogP contribution in [0.1, 0.15) is 19.8 Å². The summed E-state index contributed by atoms with van der Waals surface area (Å²) in [6.45, 7) is 2.62. The van der Waals surface area contributed by atoms with Crippen molar-refractivity contribution in [1.29, 1.82) is 0 Å². The summed E-state index contributed by atoms with van der Waals surface area (Å²) < 4.78 is 4.59. The largest absolute Gasteiger partial charge is 0.466 e. The maximum atomic E-state index is 11.0. The highest BCUT2D eigenvalue weighted by Gasteiger charge is 2.25. The van der Waals surface area contributed by atoms with Gasteiger partial charge in [0.1, 0.15) is 0 Å². The van der Waals surface area contributed by atoms with Crippen molar-refractivity contribution in [2.45, 2.75) is 25.8 Å². The van der Waals surface area contributed by atoms with Crippen LogP contribution in [0.3, 0.4) is 0 Å². The first kappa shape index (κ1) is 10.3. The average Bonchev–Trinajstić information content (AvgIpc) is 2.95. The van der Waals surface area contributed by atoms with Gasteiger partial charge in [-0.2, -0.15) is 0 Å². The highest BCUT2D eigenvalue weighted by molar-refractivity contribution is 5.87. The molecule has 0 unspecified atom stereocenters. The molecule has 74 valence electrons. The maximum Gasteiger partial charge on any atom is 0.333 e. The predicted octanol–water partition coefficient (Wildman–Crippen LogP) is 1.20. The summed E-state index contributed by atoms with van der Waals surface area (Å²) in [4.78, 5) is 13.3. The van der Waals surface area contributed by atoms with Crippen molar-refractivity contribution in [3.05, 3.63) is 11.6 Å². The summed E-state index contributed by atoms with van der Waals surface area (Å²) in [5.74, 6) is -0.232. The van der Waals surface area contributed by atoms with Gasteiger partial charge in [-0.1, -0.05) is 6.08 Å². The molecule has 0 aliphatic heterocycles. The minimum absolute atomic E-state index is 0.232. The van der Waals surface area contributed by atoms with Gasteiger partial charge in [0.05, 0.1) is 7.11 Å². The zero-order valence-corrected chi connectivity index (χ0v) is 8.54. The maximum absolute atomic E-state index is 11.0. The number of esters is 1. The van der Waals surface area contributed by atoms with Crippen LogP contribution in [0.2, 0.25) is 0 Å². The third-order valence-corrected chi connectivity index (χ3v) is 2.36. The zero-order valence-electron chi connectivity index (χ0n) is 8.54. The average molecular weight is 183 g/mol. The highest BCUT2D eigenvalue weighted by Crippen LogP contribution is 2.24. The van der Waals surface area contributed by atoms with Gasteiger partial charge >= 0.3 is 5.97 Å². The Bertz CT molecular complexity index is 219. The second kappa shape index (κ2) is 4.42. The van der Waals surface area contributed by atoms with Crippen LogP contribution < -0.4 is 0 Å². The molecule has 0 bridgehead atoms. The first-order chi connectivity index (χ1) is 6.15. The molecule has 0 aromatic heterocycles. The van der Waals surface area contributed by atoms with Crippen molar-refractivity contribution < 1.29 is 9.53 Å². The summed E-state index contributed by atoms with van der Waals surface area (Å²) >= 11 is 0. The van der Waals surface area contributed by atoms with E-state index in [9.17, 15) is 4.79 Å². The van der Waals surface area contributed by atoms with Crippen LogP contribution in [0.5, 0.6) is 0 Å². The molecule has 13 heavy (non-hydrogen) atoms. The molecule has 0 saturated heterocycles. The number of hydrogen-bond donors (Lipinski definition) is 0. The van der Waals surface area contributed by atoms with Crippen molar-refractivity contribution in [3.63, 3.8) is 0 Å². The van der Waals surface area contributed by atoms with Crippen molar-refractivity contribution in [1.82, 2.24) is 4.90 Å². The van der Waals surface area contributed by atoms with Crippen molar-refractivity contribution in [2.24, 2.45) is 0 Å². The Morgan fingerprint density at radius 2 is 2.23 bits per heavy atom. The minimum Gasteiger partial charge on any atom is -0.466 e. The fourth-order valence-corrected chi connectivity index (χ4v) is 1.19. The van der Waals surface area contributed by atoms with Crippen molar-refractivity contribution in [3.8, 4) is 0 Å². The lowest BCUT2D eigenvalue weighted by molar-refractivity contribution is -0.136. The van der Waals surface area contributed by atoms with Crippen LogP contribution in [0.15, 0.2) is 11.6 Å². The van der Waals surface area contributed by atoms with Gasteiger partial charge in [-0.3, -0.25) is 4.90 Å². The molecule has 1 fully saturated rings. The predicted molar refractivity (Wildman–Crippen MR) is 51.4 cm³/mol. The van der Waals surface area contributed by atoms with Gasteiger partial charge in [0.2, 0.25) is 0 Å². The zero-order chi connectivity index (χ0) is 9.84. The smallest absolute Gasteiger partial charge is 0.333 e. The third kappa shape index (κ3) is 3.19. The molecule has 1 rings (SSSR count). The number of methoxy groups -OCH3 is 1. The summed E-state index contributed by atoms with van der Waals surface area (Å²) in [6, 6.07) is 0.738. The summed E-state index contributed by atoms with van der Waals surface area (Å²) in [5, 5.41) is 0. The topological polar surface area (TPSA) is 29.5 Å². The van der Waals surface area contributed by atoms with Crippen LogP contribution in [-0.4, -0.2) is 37.6 Å². The van der Waals surface area contributed by atoms with E-state index in [1.807, 2.05) is 6.08 Å². The van der Waals surface area contributed by atoms with Gasteiger partial charge in [-0.05, 0) is 26.8 Å². The second-order valence-electron chi connectivity index (χ2n) is 3.55. The lowest BCUT2D eigenvalue weighted by atomic mass is 10.3. The number of hydrogen-bond acceptors (Lipinski definition) is 3. The Morgan fingerprint density at radius 1 is 1.62 bits per heavy atom. The standard InChI is InChI=1S/C10H17NO2/c1-8(10(12)13-3)6-7-11(2)9-4-5-9/h6,9H,4-5,7H2,1-3H3. The molecule has 0 amide bonds. The Morgan fingerprint density at radius 3 is 2.69 bits per heavy atom. The fraction of sp³-hybridized carbons (Fsp3) is 0.700. The van der Waals surface area contributed by atoms with Gasteiger partial charge in [0.25, 0.3) is 0 Å². The molecule has 3 nitrogen and oxygen atoms in total. The van der Waals surface area contributed by atoms with E-state index in [0.29, 0.717) is 5.57 Å². The number of carbonyl (C=O) groups is 1. The Hall–Kier alpha value is -0.830. The summed E-state index contributed by atoms with van der Waals surface area (Å²) in [5.41, 5.74) is 0.690. The number of rotatable bonds is 4. The van der Waals surface area contributed by atoms with Crippen LogP contribution in [0.4, 0.5) is 0 Å². The monoisotopic (exact) mass is 183 g/mol. The van der Waals surface area contributed by atoms with Crippen LogP contribution in [-0.2, 0) is 9.53 Å². The van der Waals surface area contributed by atoms with Gasteiger partial charge < -0.3 is 4.74 Å². The number of ether oxygens (including phenoxy) is 1. The van der Waals surface area contributed by atoms with Gasteiger partial charge in [-0.15, -0.1) is 0 Å². The van der Waals surface area contributed by atoms with Crippen LogP contribution in [0, 0.1) is 0 Å². The molecule has 1 saturated carbocycles. The molecular formula is C10H17NO2. The SMILES string of the molecule is COC(=O)C(C)=CCN(C)C1CC1. The molecule has 0 radical (unpaired) electrons. The number of carbonyl (C=O) groups excluding carboxylic acids is 1. The minimum atomic E-state index is -0.232. The fourth-order valence-electron chi connectivity index (χ4n) is 1.19. The first-order valence-electron chi connectivity index (χ1n) is 4.60. The van der Waals surface area contributed by atoms with Gasteiger partial charge in [0, 0.05) is 18.2 Å². The van der Waals surface area contributed by atoms with Crippen molar-refractivity contribution in [2.75, 3.05) is 20.7 Å². The Kier molecular flexibility index (Phi) is 3.48. The van der Waals surface area contributed by atoms with E-state index in [2.05, 4.69) is 16.7 Å². The molecule has 0 N–H and O–H groups in total. The quantitative estimate of drug-likeness (QED) is 0.484. The van der Waals surface area contributed by atoms with Gasteiger partial charge in [-0.25, -0.2) is 4.79 Å². The summed E-state index contributed by atoms with van der Waals surface area (Å²) in [6.07, 6.45) is 4.51. The molecule has 1 aliphatic carbocycles. The van der Waals surface area contributed by atoms with Crippen molar-refractivity contribution >= 4 is 5.97 Å². The molecular weight excluding hydrogens is 166 g/mol. The second-order valence-corrected chi connectivity index (χ2v) is 3.55. The van der Waals surface area contributed by atoms with E-state index >= 15 is 0 Å². The molecule has 0 atom stereocenters. The third-order valence-electron chi connectivity index (χ3n) is 2.36. The lowest BCUT2D eigenvalue weighted by Gasteiger charge is -2.12. The lowest BCUT2D eigenvalue weighted by Crippen LogP contribution is -2.21. The number of likely N-dealkylation sites (N-methyl/N-ethyl adjacent to an activating group) is 1. The van der Waals surface area contributed by atoms with E-state index in [1.165, 1.54) is 20.0 Å². The Labute approximate surface area is 79.4 Å². The first-order valence-corrected chi connectivity index (χ1v) is 4.60. The molecule has 0 heterocycles. The van der Waals surface area contributed by atoms with Crippen LogP contribution >= 0.6 is 0 Å². The van der Waals surface area contributed by atoms with E-state index < -0.39 is 0 Å². The molecule has 0 aromatic rings. The van der Waals surface area contributed by atoms with Crippen LogP contribution in [0.25, 0.3) is 0 Å². The highest BCUT2D eigenvalue weighted by atomic mass is 16.5. The molecule has 1 aliphatic rings. The van der Waals surface area contributed by atoms with E-state index in [4.69, 9.17) is 0 Å². The molecule has 0 aromatic carbocycles. The normalized spacial score (nSPS) is 17.7. The summed E-state index contributed by atoms with van der Waals surface area (Å²) in [7, 11) is 3.49. The van der Waals surface area contributed by atoms with E-state index in [0.717, 1.165) is 12.6 Å².